The van der Waals surface area contributed by atoms with E-state index in [0.717, 1.165) is 35.3 Å². The van der Waals surface area contributed by atoms with Crippen LogP contribution in [-0.2, 0) is 14.1 Å². The molecule has 0 amide bonds. The summed E-state index contributed by atoms with van der Waals surface area (Å²) in [7, 11) is 4.28. The number of benzene rings is 6. The first kappa shape index (κ1) is 36.8. The van der Waals surface area contributed by atoms with E-state index in [1.54, 1.807) is 0 Å². The van der Waals surface area contributed by atoms with Crippen molar-refractivity contribution in [3.63, 3.8) is 0 Å². The fourth-order valence-electron chi connectivity index (χ4n) is 8.21. The number of hydrogen-bond acceptors (Lipinski definition) is 4. The number of nitrogens with zero attached hydrogens (tertiary/aromatic N) is 6. The molecule has 0 spiro atoms. The van der Waals surface area contributed by atoms with Crippen LogP contribution < -0.4 is 10.0 Å². The highest BCUT2D eigenvalue weighted by Crippen LogP contribution is 2.32. The number of unbranched alkanes of at least 4 members (excludes halogenated alkanes) is 6. The molecule has 0 aliphatic heterocycles. The summed E-state index contributed by atoms with van der Waals surface area (Å²) in [4.78, 5) is 0. The van der Waals surface area contributed by atoms with Crippen LogP contribution in [0.1, 0.15) is 69.4 Å². The number of hydrogen-bond donors (Lipinski definition) is 0. The molecular formula is C50H52N6. The average molecular weight is 737 g/mol. The summed E-state index contributed by atoms with van der Waals surface area (Å²) in [6.45, 7) is 2.28. The Balaban J connectivity index is 1.20. The summed E-state index contributed by atoms with van der Waals surface area (Å²) in [6.07, 6.45) is 13.4. The smallest absolute Gasteiger partial charge is 0.144 e. The molecule has 0 aliphatic rings. The molecule has 0 saturated carbocycles. The van der Waals surface area contributed by atoms with Gasteiger partial charge in [0, 0.05) is 57.7 Å². The molecule has 282 valence electrons. The van der Waals surface area contributed by atoms with E-state index < -0.39 is 0 Å². The number of hydrazone groups is 2. The third-order valence-electron chi connectivity index (χ3n) is 11.2. The van der Waals surface area contributed by atoms with Gasteiger partial charge >= 0.3 is 0 Å². The third kappa shape index (κ3) is 7.70. The largest absolute Gasteiger partial charge is 0.344 e. The maximum atomic E-state index is 5.36. The zero-order chi connectivity index (χ0) is 38.3. The van der Waals surface area contributed by atoms with Crippen molar-refractivity contribution in [2.24, 2.45) is 24.3 Å². The molecule has 6 nitrogen and oxygen atoms in total. The molecule has 2 aromatic heterocycles. The van der Waals surface area contributed by atoms with E-state index in [2.05, 4.69) is 186 Å². The number of para-hydroxylation sites is 4. The second kappa shape index (κ2) is 17.1. The maximum Gasteiger partial charge on any atom is 0.144 e. The summed E-state index contributed by atoms with van der Waals surface area (Å²) in [5.41, 5.74) is 9.05. The van der Waals surface area contributed by atoms with Gasteiger partial charge in [-0.3, -0.25) is 0 Å². The van der Waals surface area contributed by atoms with Crippen molar-refractivity contribution >= 4 is 67.4 Å². The van der Waals surface area contributed by atoms with Gasteiger partial charge in [0.2, 0.25) is 0 Å². The predicted molar refractivity (Wildman–Crippen MR) is 240 cm³/mol. The molecule has 6 aromatic carbocycles. The van der Waals surface area contributed by atoms with Crippen LogP contribution in [0.25, 0.3) is 43.6 Å². The van der Waals surface area contributed by atoms with Crippen molar-refractivity contribution < 1.29 is 0 Å². The molecule has 6 heteroatoms. The SMILES string of the molecule is CCCCCCCCCC(N(/N=C/c1ccc2c(c1)c1ccccc1n2C)c1ccccc1)N(/N=C/c1ccc2c(c1)c1ccccc1n2C)c1ccccc1. The number of fused-ring (bicyclic) bond motifs is 6. The number of anilines is 2. The van der Waals surface area contributed by atoms with Gasteiger partial charge in [0.15, 0.2) is 0 Å². The molecule has 0 bridgehead atoms. The fourth-order valence-corrected chi connectivity index (χ4v) is 8.21. The lowest BCUT2D eigenvalue weighted by molar-refractivity contribution is 0.491. The Morgan fingerprint density at radius 1 is 0.464 bits per heavy atom. The minimum absolute atomic E-state index is 0.189. The van der Waals surface area contributed by atoms with Crippen LogP contribution >= 0.6 is 0 Å². The van der Waals surface area contributed by atoms with E-state index in [4.69, 9.17) is 10.2 Å². The lowest BCUT2D eigenvalue weighted by Crippen LogP contribution is -2.44. The molecule has 0 fully saturated rings. The van der Waals surface area contributed by atoms with Crippen LogP contribution in [0, 0.1) is 0 Å². The average Bonchev–Trinajstić information content (AvgIpc) is 3.70. The first-order valence-corrected chi connectivity index (χ1v) is 20.3. The molecule has 8 rings (SSSR count). The van der Waals surface area contributed by atoms with Gasteiger partial charge in [0.1, 0.15) is 6.17 Å². The van der Waals surface area contributed by atoms with Crippen LogP contribution in [0.4, 0.5) is 11.4 Å². The van der Waals surface area contributed by atoms with E-state index >= 15 is 0 Å². The van der Waals surface area contributed by atoms with Crippen LogP contribution in [0.15, 0.2) is 156 Å². The lowest BCUT2D eigenvalue weighted by atomic mass is 10.1. The Labute approximate surface area is 331 Å². The molecule has 0 radical (unpaired) electrons. The highest BCUT2D eigenvalue weighted by atomic mass is 15.6. The van der Waals surface area contributed by atoms with E-state index in [9.17, 15) is 0 Å². The molecule has 8 aromatic rings. The van der Waals surface area contributed by atoms with Crippen molar-refractivity contribution in [2.75, 3.05) is 10.0 Å². The highest BCUT2D eigenvalue weighted by Gasteiger charge is 2.26. The molecule has 0 N–H and O–H groups in total. The Hall–Kier alpha value is -6.14. The monoisotopic (exact) mass is 736 g/mol. The normalized spacial score (nSPS) is 12.1. The highest BCUT2D eigenvalue weighted by molar-refractivity contribution is 6.10. The second-order valence-electron chi connectivity index (χ2n) is 14.9. The van der Waals surface area contributed by atoms with E-state index in [-0.39, 0.29) is 6.17 Å². The van der Waals surface area contributed by atoms with Crippen LogP contribution in [0.2, 0.25) is 0 Å². The number of aromatic nitrogens is 2. The summed E-state index contributed by atoms with van der Waals surface area (Å²) < 4.78 is 4.54. The standard InChI is InChI=1S/C50H52N6/c1-4-5-6-7-8-9-16-29-50(55(40-21-12-10-13-22-40)51-36-38-30-32-48-44(34-38)42-25-17-19-27-46(42)53(48)2)56(41-23-14-11-15-24-41)52-37-39-31-33-49-45(35-39)43-26-18-20-28-47(43)54(49)3/h10-15,17-28,30-37,50H,4-9,16,29H2,1-3H3/b51-36+,52-37+. The first-order valence-electron chi connectivity index (χ1n) is 20.3. The quantitative estimate of drug-likeness (QED) is 0.0429. The van der Waals surface area contributed by atoms with Crippen LogP contribution in [-0.4, -0.2) is 27.7 Å². The Morgan fingerprint density at radius 3 is 1.36 bits per heavy atom. The second-order valence-corrected chi connectivity index (χ2v) is 14.9. The van der Waals surface area contributed by atoms with Crippen molar-refractivity contribution in [3.8, 4) is 0 Å². The predicted octanol–water partition coefficient (Wildman–Crippen LogP) is 12.8. The van der Waals surface area contributed by atoms with Gasteiger partial charge in [0.05, 0.1) is 23.8 Å². The molecule has 0 atom stereocenters. The molecule has 0 saturated heterocycles. The van der Waals surface area contributed by atoms with Crippen molar-refractivity contribution in [3.05, 3.63) is 157 Å². The summed E-state index contributed by atoms with van der Waals surface area (Å²) in [6, 6.07) is 51.7. The van der Waals surface area contributed by atoms with Gasteiger partial charge in [-0.15, -0.1) is 0 Å². The van der Waals surface area contributed by atoms with Gasteiger partial charge in [-0.25, -0.2) is 10.0 Å². The van der Waals surface area contributed by atoms with Gasteiger partial charge in [-0.1, -0.05) is 130 Å². The Bertz CT molecular complexity index is 2420. The Morgan fingerprint density at radius 2 is 0.875 bits per heavy atom. The topological polar surface area (TPSA) is 41.1 Å². The minimum Gasteiger partial charge on any atom is -0.344 e. The van der Waals surface area contributed by atoms with E-state index in [1.165, 1.54) is 82.1 Å². The zero-order valence-corrected chi connectivity index (χ0v) is 32.9. The number of rotatable bonds is 16. The molecule has 0 aliphatic carbocycles. The van der Waals surface area contributed by atoms with Crippen LogP contribution in [0.3, 0.4) is 0 Å². The lowest BCUT2D eigenvalue weighted by Gasteiger charge is -2.36. The van der Waals surface area contributed by atoms with Crippen molar-refractivity contribution in [1.29, 1.82) is 0 Å². The maximum absolute atomic E-state index is 5.36. The van der Waals surface area contributed by atoms with Gasteiger partial charge in [-0.05, 0) is 84.6 Å². The summed E-state index contributed by atoms with van der Waals surface area (Å²) >= 11 is 0. The van der Waals surface area contributed by atoms with E-state index in [0.29, 0.717) is 0 Å². The van der Waals surface area contributed by atoms with Gasteiger partial charge < -0.3 is 9.13 Å². The van der Waals surface area contributed by atoms with Crippen LogP contribution in [0.5, 0.6) is 0 Å². The van der Waals surface area contributed by atoms with Gasteiger partial charge in [0.25, 0.3) is 0 Å². The molecule has 0 unspecified atom stereocenters. The molecular weight excluding hydrogens is 685 g/mol. The van der Waals surface area contributed by atoms with Gasteiger partial charge in [-0.2, -0.15) is 10.2 Å². The van der Waals surface area contributed by atoms with E-state index in [1.807, 2.05) is 12.4 Å². The molecule has 2 heterocycles. The first-order chi connectivity index (χ1) is 27.6. The van der Waals surface area contributed by atoms with Crippen molar-refractivity contribution in [1.82, 2.24) is 9.13 Å². The molecule has 56 heavy (non-hydrogen) atoms. The minimum atomic E-state index is -0.189. The third-order valence-corrected chi connectivity index (χ3v) is 11.2. The zero-order valence-electron chi connectivity index (χ0n) is 32.9. The summed E-state index contributed by atoms with van der Waals surface area (Å²) in [5, 5.41) is 20.1. The summed E-state index contributed by atoms with van der Waals surface area (Å²) in [5.74, 6) is 0. The number of aryl methyl sites for hydroxylation is 2. The fraction of sp³-hybridized carbons (Fsp3) is 0.240. The Kier molecular flexibility index (Phi) is 11.3. The van der Waals surface area contributed by atoms with Crippen molar-refractivity contribution in [2.45, 2.75) is 64.5 Å².